The van der Waals surface area contributed by atoms with Crippen LogP contribution in [0.3, 0.4) is 0 Å². The molecule has 1 aromatic rings. The molecule has 0 bridgehead atoms. The monoisotopic (exact) mass is 313 g/mol. The number of carbonyl (C=O) groups is 1. The Kier molecular flexibility index (Phi) is 7.08. The summed E-state index contributed by atoms with van der Waals surface area (Å²) in [5.41, 5.74) is 8.98. The van der Waals surface area contributed by atoms with Crippen LogP contribution in [0.15, 0.2) is 48.1 Å². The van der Waals surface area contributed by atoms with E-state index in [0.29, 0.717) is 6.04 Å². The van der Waals surface area contributed by atoms with E-state index < -0.39 is 5.97 Å². The van der Waals surface area contributed by atoms with Gasteiger partial charge >= 0.3 is 5.97 Å². The number of rotatable bonds is 2. The molecule has 2 aliphatic carbocycles. The molecule has 124 valence electrons. The van der Waals surface area contributed by atoms with Crippen LogP contribution in [-0.4, -0.2) is 17.1 Å². The highest BCUT2D eigenvalue weighted by Gasteiger charge is 2.10. The average molecular weight is 313 g/mol. The highest BCUT2D eigenvalue weighted by molar-refractivity contribution is 5.82. The first-order chi connectivity index (χ1) is 11.1. The minimum atomic E-state index is -0.861. The molecule has 3 N–H and O–H groups in total. The lowest BCUT2D eigenvalue weighted by molar-refractivity contribution is -0.131. The molecule has 0 amide bonds. The SMILES string of the molecule is NC1CCCCC1.O=C(O)/C=C1/C=C(c2ccccc2)CCC1. The molecular weight excluding hydrogens is 286 g/mol. The van der Waals surface area contributed by atoms with Gasteiger partial charge in [0.2, 0.25) is 0 Å². The molecule has 0 heterocycles. The fourth-order valence-electron chi connectivity index (χ4n) is 3.14. The summed E-state index contributed by atoms with van der Waals surface area (Å²) in [7, 11) is 0. The molecule has 1 saturated carbocycles. The van der Waals surface area contributed by atoms with Gasteiger partial charge in [0.1, 0.15) is 0 Å². The Hall–Kier alpha value is -1.87. The molecule has 0 atom stereocenters. The third-order valence-corrected chi connectivity index (χ3v) is 4.37. The third-order valence-electron chi connectivity index (χ3n) is 4.37. The summed E-state index contributed by atoms with van der Waals surface area (Å²) in [6.07, 6.45) is 12.9. The molecule has 23 heavy (non-hydrogen) atoms. The number of allylic oxidation sites excluding steroid dienone is 3. The second kappa shape index (κ2) is 9.31. The molecule has 0 spiro atoms. The van der Waals surface area contributed by atoms with Crippen LogP contribution in [0.2, 0.25) is 0 Å². The van der Waals surface area contributed by atoms with Gasteiger partial charge in [-0.3, -0.25) is 0 Å². The van der Waals surface area contributed by atoms with E-state index in [1.165, 1.54) is 49.3 Å². The van der Waals surface area contributed by atoms with Crippen LogP contribution in [0.1, 0.15) is 56.9 Å². The molecule has 0 aliphatic heterocycles. The summed E-state index contributed by atoms with van der Waals surface area (Å²) in [4.78, 5) is 10.6. The number of hydrogen-bond acceptors (Lipinski definition) is 2. The predicted octanol–water partition coefficient (Wildman–Crippen LogP) is 4.54. The lowest BCUT2D eigenvalue weighted by Crippen LogP contribution is -2.22. The highest BCUT2D eigenvalue weighted by atomic mass is 16.4. The Morgan fingerprint density at radius 1 is 1.04 bits per heavy atom. The Morgan fingerprint density at radius 2 is 1.74 bits per heavy atom. The van der Waals surface area contributed by atoms with Gasteiger partial charge in [0, 0.05) is 12.1 Å². The molecule has 0 radical (unpaired) electrons. The van der Waals surface area contributed by atoms with E-state index in [2.05, 4.69) is 12.1 Å². The second-order valence-corrected chi connectivity index (χ2v) is 6.34. The topological polar surface area (TPSA) is 63.3 Å². The van der Waals surface area contributed by atoms with E-state index in [4.69, 9.17) is 10.8 Å². The minimum Gasteiger partial charge on any atom is -0.478 e. The van der Waals surface area contributed by atoms with Crippen molar-refractivity contribution in [1.29, 1.82) is 0 Å². The summed E-state index contributed by atoms with van der Waals surface area (Å²) < 4.78 is 0. The fraction of sp³-hybridized carbons (Fsp3) is 0.450. The first-order valence-electron chi connectivity index (χ1n) is 8.60. The maximum Gasteiger partial charge on any atom is 0.328 e. The van der Waals surface area contributed by atoms with E-state index in [9.17, 15) is 4.79 Å². The number of aliphatic carboxylic acids is 1. The molecule has 2 aliphatic rings. The van der Waals surface area contributed by atoms with E-state index >= 15 is 0 Å². The zero-order chi connectivity index (χ0) is 16.5. The van der Waals surface area contributed by atoms with Crippen molar-refractivity contribution >= 4 is 11.5 Å². The van der Waals surface area contributed by atoms with Crippen molar-refractivity contribution in [3.05, 3.63) is 53.6 Å². The van der Waals surface area contributed by atoms with Gasteiger partial charge in [-0.1, -0.05) is 55.7 Å². The summed E-state index contributed by atoms with van der Waals surface area (Å²) in [6, 6.07) is 10.7. The van der Waals surface area contributed by atoms with Crippen LogP contribution in [0, 0.1) is 0 Å². The van der Waals surface area contributed by atoms with Crippen LogP contribution in [0.4, 0.5) is 0 Å². The van der Waals surface area contributed by atoms with Crippen molar-refractivity contribution in [3.8, 4) is 0 Å². The van der Waals surface area contributed by atoms with Gasteiger partial charge in [0.25, 0.3) is 0 Å². The molecule has 3 heteroatoms. The van der Waals surface area contributed by atoms with Crippen molar-refractivity contribution in [2.24, 2.45) is 5.73 Å². The molecule has 0 aromatic heterocycles. The minimum absolute atomic E-state index is 0.536. The van der Waals surface area contributed by atoms with Crippen LogP contribution in [-0.2, 0) is 4.79 Å². The van der Waals surface area contributed by atoms with E-state index in [0.717, 1.165) is 24.8 Å². The Balaban J connectivity index is 0.000000229. The maximum atomic E-state index is 10.6. The van der Waals surface area contributed by atoms with Crippen LogP contribution in [0.25, 0.3) is 5.57 Å². The molecule has 3 nitrogen and oxygen atoms in total. The summed E-state index contributed by atoms with van der Waals surface area (Å²) in [5.74, 6) is -0.861. The van der Waals surface area contributed by atoms with E-state index in [1.54, 1.807) is 0 Å². The van der Waals surface area contributed by atoms with Crippen molar-refractivity contribution in [2.45, 2.75) is 57.4 Å². The van der Waals surface area contributed by atoms with Gasteiger partial charge in [-0.05, 0) is 48.8 Å². The van der Waals surface area contributed by atoms with Gasteiger partial charge in [0.05, 0.1) is 0 Å². The maximum absolute atomic E-state index is 10.6. The summed E-state index contributed by atoms with van der Waals surface area (Å²) in [5, 5.41) is 8.72. The third kappa shape index (κ3) is 6.41. The first kappa shape index (κ1) is 17.5. The smallest absolute Gasteiger partial charge is 0.328 e. The Bertz CT molecular complexity index is 554. The Labute approximate surface area is 138 Å². The van der Waals surface area contributed by atoms with Crippen LogP contribution in [0.5, 0.6) is 0 Å². The van der Waals surface area contributed by atoms with Crippen LogP contribution >= 0.6 is 0 Å². The number of carboxylic acids is 1. The zero-order valence-electron chi connectivity index (χ0n) is 13.7. The second-order valence-electron chi connectivity index (χ2n) is 6.34. The van der Waals surface area contributed by atoms with Gasteiger partial charge in [-0.15, -0.1) is 0 Å². The molecule has 0 saturated heterocycles. The van der Waals surface area contributed by atoms with Gasteiger partial charge in [-0.2, -0.15) is 0 Å². The number of hydrogen-bond donors (Lipinski definition) is 2. The molecular formula is C20H27NO2. The van der Waals surface area contributed by atoms with Gasteiger partial charge in [0.15, 0.2) is 0 Å². The lowest BCUT2D eigenvalue weighted by Gasteiger charge is -2.15. The number of carboxylic acid groups (broad SMARTS) is 1. The molecule has 3 rings (SSSR count). The summed E-state index contributed by atoms with van der Waals surface area (Å²) >= 11 is 0. The van der Waals surface area contributed by atoms with Gasteiger partial charge in [-0.25, -0.2) is 4.79 Å². The predicted molar refractivity (Wildman–Crippen MR) is 95.0 cm³/mol. The highest BCUT2D eigenvalue weighted by Crippen LogP contribution is 2.29. The first-order valence-corrected chi connectivity index (χ1v) is 8.60. The standard InChI is InChI=1S/C14H14O2.C6H13N/c15-14(16)10-11-5-4-8-13(9-11)12-6-2-1-3-7-12;7-6-4-2-1-3-5-6/h1-3,6-7,9-10H,4-5,8H2,(H,15,16);6H,1-5,7H2/b11-10+;. The molecule has 1 aromatic carbocycles. The van der Waals surface area contributed by atoms with Crippen molar-refractivity contribution < 1.29 is 9.90 Å². The van der Waals surface area contributed by atoms with Crippen molar-refractivity contribution in [1.82, 2.24) is 0 Å². The molecule has 1 fully saturated rings. The van der Waals surface area contributed by atoms with E-state index in [-0.39, 0.29) is 0 Å². The van der Waals surface area contributed by atoms with E-state index in [1.807, 2.05) is 24.3 Å². The lowest BCUT2D eigenvalue weighted by atomic mass is 9.90. The quantitative estimate of drug-likeness (QED) is 0.788. The average Bonchev–Trinajstić information content (AvgIpc) is 2.57. The van der Waals surface area contributed by atoms with Crippen LogP contribution < -0.4 is 5.73 Å². The normalized spacial score (nSPS) is 20.4. The van der Waals surface area contributed by atoms with Crippen molar-refractivity contribution in [3.63, 3.8) is 0 Å². The van der Waals surface area contributed by atoms with Crippen molar-refractivity contribution in [2.75, 3.05) is 0 Å². The Morgan fingerprint density at radius 3 is 2.30 bits per heavy atom. The number of nitrogens with two attached hydrogens (primary N) is 1. The van der Waals surface area contributed by atoms with Gasteiger partial charge < -0.3 is 10.8 Å². The fourth-order valence-corrected chi connectivity index (χ4v) is 3.14. The zero-order valence-corrected chi connectivity index (χ0v) is 13.7. The summed E-state index contributed by atoms with van der Waals surface area (Å²) in [6.45, 7) is 0. The largest absolute Gasteiger partial charge is 0.478 e. The number of benzene rings is 1. The molecule has 0 unspecified atom stereocenters.